The predicted octanol–water partition coefficient (Wildman–Crippen LogP) is 1.50. The van der Waals surface area contributed by atoms with Crippen LogP contribution < -0.4 is 5.56 Å². The lowest BCUT2D eigenvalue weighted by Crippen LogP contribution is -2.51. The zero-order valence-corrected chi connectivity index (χ0v) is 16.9. The minimum absolute atomic E-state index is 0.0386. The van der Waals surface area contributed by atoms with Gasteiger partial charge in [0.15, 0.2) is 0 Å². The van der Waals surface area contributed by atoms with Gasteiger partial charge in [0.2, 0.25) is 15.9 Å². The molecule has 2 aromatic rings. The Labute approximate surface area is 165 Å². The lowest BCUT2D eigenvalue weighted by molar-refractivity contribution is -0.133. The first kappa shape index (κ1) is 20.3. The maximum atomic E-state index is 12.9. The highest BCUT2D eigenvalue weighted by atomic mass is 32.2. The normalized spacial score (nSPS) is 15.8. The van der Waals surface area contributed by atoms with Crippen molar-refractivity contribution in [2.75, 3.05) is 26.2 Å². The molecule has 1 aliphatic heterocycles. The number of carbonyl (C=O) groups excluding carboxylic acids is 1. The number of rotatable bonds is 5. The van der Waals surface area contributed by atoms with Crippen molar-refractivity contribution < 1.29 is 13.2 Å². The van der Waals surface area contributed by atoms with Gasteiger partial charge in [-0.3, -0.25) is 9.59 Å². The van der Waals surface area contributed by atoms with Crippen molar-refractivity contribution in [1.29, 1.82) is 0 Å². The molecule has 1 fully saturated rings. The smallest absolute Gasteiger partial charge is 0.250 e. The fraction of sp³-hybridized carbons (Fsp3) is 0.400. The van der Waals surface area contributed by atoms with E-state index >= 15 is 0 Å². The average molecular weight is 404 g/mol. The van der Waals surface area contributed by atoms with Crippen LogP contribution in [0.1, 0.15) is 25.3 Å². The van der Waals surface area contributed by atoms with Crippen LogP contribution in [0.2, 0.25) is 0 Å². The molecule has 0 N–H and O–H groups in total. The third-order valence-corrected chi connectivity index (χ3v) is 6.89. The molecule has 0 unspecified atom stereocenters. The molecule has 1 aliphatic rings. The second-order valence-corrected chi connectivity index (χ2v) is 9.11. The van der Waals surface area contributed by atoms with Crippen LogP contribution in [0.15, 0.2) is 58.4 Å². The quantitative estimate of drug-likeness (QED) is 0.758. The van der Waals surface area contributed by atoms with Crippen molar-refractivity contribution in [3.05, 3.63) is 64.6 Å². The lowest BCUT2D eigenvalue weighted by atomic mass is 10.0. The second-order valence-electron chi connectivity index (χ2n) is 7.18. The Morgan fingerprint density at radius 2 is 1.64 bits per heavy atom. The summed E-state index contributed by atoms with van der Waals surface area (Å²) in [6.07, 6.45) is 1.57. The number of nitrogens with zero attached hydrogens (tertiary/aromatic N) is 3. The van der Waals surface area contributed by atoms with Gasteiger partial charge in [-0.2, -0.15) is 4.31 Å². The molecule has 8 heteroatoms. The molecule has 1 amide bonds. The van der Waals surface area contributed by atoms with E-state index in [2.05, 4.69) is 13.8 Å². The molecule has 0 spiro atoms. The van der Waals surface area contributed by atoms with Gasteiger partial charge in [-0.1, -0.05) is 32.0 Å². The van der Waals surface area contributed by atoms with E-state index in [4.69, 9.17) is 0 Å². The maximum absolute atomic E-state index is 12.9. The SMILES string of the molecule is CC(C)c1ccc(S(=O)(=O)N2CCN(C(=O)Cn3ccccc3=O)CC2)cc1. The first-order chi connectivity index (χ1) is 13.3. The zero-order chi connectivity index (χ0) is 20.3. The minimum atomic E-state index is -3.58. The van der Waals surface area contributed by atoms with Crippen molar-refractivity contribution in [2.24, 2.45) is 0 Å². The fourth-order valence-electron chi connectivity index (χ4n) is 3.19. The van der Waals surface area contributed by atoms with Gasteiger partial charge in [0.1, 0.15) is 6.54 Å². The van der Waals surface area contributed by atoms with E-state index < -0.39 is 10.0 Å². The molecule has 0 radical (unpaired) electrons. The molecular formula is C20H25N3O4S. The lowest BCUT2D eigenvalue weighted by Gasteiger charge is -2.34. The molecule has 2 heterocycles. The van der Waals surface area contributed by atoms with E-state index in [9.17, 15) is 18.0 Å². The molecular weight excluding hydrogens is 378 g/mol. The van der Waals surface area contributed by atoms with Crippen LogP contribution in [0.4, 0.5) is 0 Å². The summed E-state index contributed by atoms with van der Waals surface area (Å²) in [4.78, 5) is 26.1. The molecule has 3 rings (SSSR count). The summed E-state index contributed by atoms with van der Waals surface area (Å²) in [7, 11) is -3.58. The number of hydrogen-bond donors (Lipinski definition) is 0. The Hall–Kier alpha value is -2.45. The van der Waals surface area contributed by atoms with E-state index in [1.807, 2.05) is 12.1 Å². The number of pyridine rings is 1. The molecule has 0 atom stereocenters. The van der Waals surface area contributed by atoms with Gasteiger partial charge in [-0.25, -0.2) is 8.42 Å². The Kier molecular flexibility index (Phi) is 6.00. The molecule has 0 saturated carbocycles. The number of carbonyl (C=O) groups is 1. The highest BCUT2D eigenvalue weighted by Gasteiger charge is 2.30. The Balaban J connectivity index is 1.63. The first-order valence-corrected chi connectivity index (χ1v) is 10.8. The summed E-state index contributed by atoms with van der Waals surface area (Å²) in [5.74, 6) is 0.148. The van der Waals surface area contributed by atoms with Crippen LogP contribution in [-0.4, -0.2) is 54.3 Å². The highest BCUT2D eigenvalue weighted by Crippen LogP contribution is 2.21. The summed E-state index contributed by atoms with van der Waals surface area (Å²) in [5, 5.41) is 0. The summed E-state index contributed by atoms with van der Waals surface area (Å²) >= 11 is 0. The number of piperazine rings is 1. The van der Waals surface area contributed by atoms with E-state index in [0.717, 1.165) is 5.56 Å². The van der Waals surface area contributed by atoms with Crippen molar-refractivity contribution >= 4 is 15.9 Å². The Morgan fingerprint density at radius 1 is 1.00 bits per heavy atom. The topological polar surface area (TPSA) is 79.7 Å². The van der Waals surface area contributed by atoms with E-state index in [-0.39, 0.29) is 36.0 Å². The third-order valence-electron chi connectivity index (χ3n) is 4.98. The molecule has 150 valence electrons. The van der Waals surface area contributed by atoms with Crippen LogP contribution in [-0.2, 0) is 21.4 Å². The van der Waals surface area contributed by atoms with Gasteiger partial charge >= 0.3 is 0 Å². The predicted molar refractivity (Wildman–Crippen MR) is 107 cm³/mol. The molecule has 7 nitrogen and oxygen atoms in total. The van der Waals surface area contributed by atoms with Crippen molar-refractivity contribution in [3.63, 3.8) is 0 Å². The Bertz CT molecular complexity index is 989. The van der Waals surface area contributed by atoms with Gasteiger partial charge in [-0.05, 0) is 29.7 Å². The summed E-state index contributed by atoms with van der Waals surface area (Å²) in [6.45, 7) is 5.18. The second kappa shape index (κ2) is 8.28. The van der Waals surface area contributed by atoms with Crippen molar-refractivity contribution in [1.82, 2.24) is 13.8 Å². The zero-order valence-electron chi connectivity index (χ0n) is 16.1. The molecule has 0 aliphatic carbocycles. The average Bonchev–Trinajstić information content (AvgIpc) is 2.70. The molecule has 0 bridgehead atoms. The van der Waals surface area contributed by atoms with Crippen LogP contribution in [0.5, 0.6) is 0 Å². The van der Waals surface area contributed by atoms with Gasteiger partial charge in [0.05, 0.1) is 4.90 Å². The number of sulfonamides is 1. The monoisotopic (exact) mass is 403 g/mol. The van der Waals surface area contributed by atoms with Gasteiger partial charge in [-0.15, -0.1) is 0 Å². The van der Waals surface area contributed by atoms with Crippen LogP contribution in [0.3, 0.4) is 0 Å². The minimum Gasteiger partial charge on any atom is -0.339 e. The molecule has 1 aromatic heterocycles. The number of benzene rings is 1. The fourth-order valence-corrected chi connectivity index (χ4v) is 4.61. The summed E-state index contributed by atoms with van der Waals surface area (Å²) in [5.41, 5.74) is 0.854. The molecule has 1 aromatic carbocycles. The van der Waals surface area contributed by atoms with Crippen LogP contribution >= 0.6 is 0 Å². The first-order valence-electron chi connectivity index (χ1n) is 9.32. The van der Waals surface area contributed by atoms with E-state index in [1.165, 1.54) is 14.9 Å². The van der Waals surface area contributed by atoms with Gasteiger partial charge < -0.3 is 9.47 Å². The molecule has 28 heavy (non-hydrogen) atoms. The highest BCUT2D eigenvalue weighted by molar-refractivity contribution is 7.89. The van der Waals surface area contributed by atoms with E-state index in [0.29, 0.717) is 19.0 Å². The van der Waals surface area contributed by atoms with Crippen molar-refractivity contribution in [3.8, 4) is 0 Å². The summed E-state index contributed by atoms with van der Waals surface area (Å²) < 4.78 is 28.5. The maximum Gasteiger partial charge on any atom is 0.250 e. The number of hydrogen-bond acceptors (Lipinski definition) is 4. The van der Waals surface area contributed by atoms with Gasteiger partial charge in [0.25, 0.3) is 5.56 Å². The number of aromatic nitrogens is 1. The standard InChI is InChI=1S/C20H25N3O4S/c1-16(2)17-6-8-18(9-7-17)28(26,27)23-13-11-21(12-14-23)20(25)15-22-10-4-3-5-19(22)24/h3-10,16H,11-15H2,1-2H3. The Morgan fingerprint density at radius 3 is 2.21 bits per heavy atom. The third kappa shape index (κ3) is 4.34. The largest absolute Gasteiger partial charge is 0.339 e. The van der Waals surface area contributed by atoms with Crippen molar-refractivity contribution in [2.45, 2.75) is 31.2 Å². The molecule has 1 saturated heterocycles. The van der Waals surface area contributed by atoms with E-state index in [1.54, 1.807) is 35.4 Å². The van der Waals surface area contributed by atoms with Crippen LogP contribution in [0, 0.1) is 0 Å². The van der Waals surface area contributed by atoms with Crippen LogP contribution in [0.25, 0.3) is 0 Å². The summed E-state index contributed by atoms with van der Waals surface area (Å²) in [6, 6.07) is 11.7. The van der Waals surface area contributed by atoms with Gasteiger partial charge in [0, 0.05) is 38.4 Å². The number of amides is 1.